The number of hydrogen-bond acceptors (Lipinski definition) is 4. The van der Waals surface area contributed by atoms with Crippen LogP contribution in [0.4, 0.5) is 0 Å². The lowest BCUT2D eigenvalue weighted by Gasteiger charge is -2.28. The average Bonchev–Trinajstić information content (AvgIpc) is 2.54. The summed E-state index contributed by atoms with van der Waals surface area (Å²) in [5, 5.41) is 3.01. The van der Waals surface area contributed by atoms with Gasteiger partial charge in [0.2, 0.25) is 0 Å². The normalized spacial score (nSPS) is 17.2. The van der Waals surface area contributed by atoms with Gasteiger partial charge in [-0.3, -0.25) is 4.79 Å². The molecular formula is C16H24N2O3. The third-order valence-corrected chi connectivity index (χ3v) is 3.91. The van der Waals surface area contributed by atoms with Crippen molar-refractivity contribution in [3.63, 3.8) is 0 Å². The maximum Gasteiger partial charge on any atom is 0.258 e. The summed E-state index contributed by atoms with van der Waals surface area (Å²) in [4.78, 5) is 12.0. The summed E-state index contributed by atoms with van der Waals surface area (Å²) >= 11 is 0. The molecule has 2 rings (SSSR count). The van der Waals surface area contributed by atoms with E-state index in [1.807, 2.05) is 31.2 Å². The number of ether oxygens (including phenoxy) is 2. The molecule has 0 aliphatic carbocycles. The highest BCUT2D eigenvalue weighted by Gasteiger charge is 2.21. The van der Waals surface area contributed by atoms with Gasteiger partial charge >= 0.3 is 0 Å². The summed E-state index contributed by atoms with van der Waals surface area (Å²) in [5.74, 6) is 1.06. The summed E-state index contributed by atoms with van der Waals surface area (Å²) in [7, 11) is 0. The van der Waals surface area contributed by atoms with Crippen molar-refractivity contribution >= 4 is 5.91 Å². The molecule has 1 aliphatic heterocycles. The van der Waals surface area contributed by atoms with E-state index in [4.69, 9.17) is 15.2 Å². The van der Waals surface area contributed by atoms with Crippen LogP contribution in [0.5, 0.6) is 5.75 Å². The Morgan fingerprint density at radius 2 is 2.14 bits per heavy atom. The van der Waals surface area contributed by atoms with Gasteiger partial charge in [0.25, 0.3) is 5.91 Å². The lowest BCUT2D eigenvalue weighted by Crippen LogP contribution is -2.42. The second-order valence-electron chi connectivity index (χ2n) is 5.41. The van der Waals surface area contributed by atoms with Crippen LogP contribution in [0.2, 0.25) is 0 Å². The van der Waals surface area contributed by atoms with E-state index in [2.05, 4.69) is 5.32 Å². The summed E-state index contributed by atoms with van der Waals surface area (Å²) < 4.78 is 10.9. The fourth-order valence-corrected chi connectivity index (χ4v) is 2.59. The van der Waals surface area contributed by atoms with Crippen LogP contribution in [-0.4, -0.2) is 31.8 Å². The molecule has 0 saturated carbocycles. The molecular weight excluding hydrogens is 268 g/mol. The summed E-state index contributed by atoms with van der Waals surface area (Å²) in [5.41, 5.74) is 6.55. The number of benzene rings is 1. The van der Waals surface area contributed by atoms with E-state index in [-0.39, 0.29) is 18.6 Å². The van der Waals surface area contributed by atoms with Crippen molar-refractivity contribution in [2.75, 3.05) is 19.8 Å². The lowest BCUT2D eigenvalue weighted by atomic mass is 9.93. The molecule has 1 unspecified atom stereocenters. The second-order valence-corrected chi connectivity index (χ2v) is 5.41. The number of rotatable bonds is 6. The first kappa shape index (κ1) is 15.8. The molecule has 1 aromatic carbocycles. The highest BCUT2D eigenvalue weighted by molar-refractivity contribution is 5.77. The number of nitrogens with two attached hydrogens (primary N) is 1. The number of para-hydroxylation sites is 1. The smallest absolute Gasteiger partial charge is 0.258 e. The van der Waals surface area contributed by atoms with Crippen LogP contribution < -0.4 is 15.8 Å². The molecule has 1 aromatic rings. The molecule has 0 aromatic heterocycles. The first-order chi connectivity index (χ1) is 10.2. The monoisotopic (exact) mass is 292 g/mol. The van der Waals surface area contributed by atoms with Crippen LogP contribution >= 0.6 is 0 Å². The topological polar surface area (TPSA) is 73.6 Å². The number of nitrogens with one attached hydrogen (secondary N) is 1. The standard InChI is InChI=1S/C16H24N2O3/c1-12(13-6-8-20-9-7-13)18-16(19)11-21-15-5-3-2-4-14(15)10-17/h2-5,12-13H,6-11,17H2,1H3,(H,18,19). The molecule has 3 N–H and O–H groups in total. The Kier molecular flexibility index (Phi) is 6.02. The number of carbonyl (C=O) groups excluding carboxylic acids is 1. The Hall–Kier alpha value is -1.59. The van der Waals surface area contributed by atoms with E-state index < -0.39 is 0 Å². The highest BCUT2D eigenvalue weighted by Crippen LogP contribution is 2.19. The first-order valence-electron chi connectivity index (χ1n) is 7.48. The predicted octanol–water partition coefficient (Wildman–Crippen LogP) is 1.46. The molecule has 0 radical (unpaired) electrons. The molecule has 0 bridgehead atoms. The Morgan fingerprint density at radius 1 is 1.43 bits per heavy atom. The van der Waals surface area contributed by atoms with Crippen LogP contribution in [0.3, 0.4) is 0 Å². The third-order valence-electron chi connectivity index (χ3n) is 3.91. The molecule has 1 heterocycles. The number of hydrogen-bond donors (Lipinski definition) is 2. The van der Waals surface area contributed by atoms with Crippen molar-refractivity contribution in [1.29, 1.82) is 0 Å². The minimum atomic E-state index is -0.0965. The summed E-state index contributed by atoms with van der Waals surface area (Å²) in [6, 6.07) is 7.66. The molecule has 5 heteroatoms. The largest absolute Gasteiger partial charge is 0.483 e. The van der Waals surface area contributed by atoms with E-state index in [0.717, 1.165) is 31.6 Å². The van der Waals surface area contributed by atoms with Crippen LogP contribution in [0.1, 0.15) is 25.3 Å². The molecule has 0 spiro atoms. The Labute approximate surface area is 125 Å². The third kappa shape index (κ3) is 4.72. The second kappa shape index (κ2) is 8.00. The van der Waals surface area contributed by atoms with Gasteiger partial charge in [-0.05, 0) is 31.7 Å². The predicted molar refractivity (Wildman–Crippen MR) is 81.0 cm³/mol. The van der Waals surface area contributed by atoms with Crippen LogP contribution in [0, 0.1) is 5.92 Å². The SMILES string of the molecule is CC(NC(=O)COc1ccccc1CN)C1CCOCC1. The first-order valence-corrected chi connectivity index (χ1v) is 7.48. The minimum absolute atomic E-state index is 0.0184. The lowest BCUT2D eigenvalue weighted by molar-refractivity contribution is -0.124. The Balaban J connectivity index is 1.78. The van der Waals surface area contributed by atoms with Crippen molar-refractivity contribution in [2.45, 2.75) is 32.4 Å². The fourth-order valence-electron chi connectivity index (χ4n) is 2.59. The average molecular weight is 292 g/mol. The van der Waals surface area contributed by atoms with E-state index in [9.17, 15) is 4.79 Å². The highest BCUT2D eigenvalue weighted by atomic mass is 16.5. The van der Waals surface area contributed by atoms with Crippen LogP contribution in [0.25, 0.3) is 0 Å². The molecule has 21 heavy (non-hydrogen) atoms. The molecule has 1 aliphatic rings. The molecule has 116 valence electrons. The van der Waals surface area contributed by atoms with Gasteiger partial charge in [-0.1, -0.05) is 18.2 Å². The molecule has 1 saturated heterocycles. The Bertz CT molecular complexity index is 459. The zero-order valence-corrected chi connectivity index (χ0v) is 12.5. The molecule has 1 fully saturated rings. The van der Waals surface area contributed by atoms with Gasteiger partial charge in [0.05, 0.1) is 0 Å². The van der Waals surface area contributed by atoms with Crippen LogP contribution in [-0.2, 0) is 16.1 Å². The quantitative estimate of drug-likeness (QED) is 0.832. The summed E-state index contributed by atoms with van der Waals surface area (Å²) in [6.07, 6.45) is 2.00. The zero-order valence-electron chi connectivity index (χ0n) is 12.5. The van der Waals surface area contributed by atoms with Gasteiger partial charge in [-0.25, -0.2) is 0 Å². The fraction of sp³-hybridized carbons (Fsp3) is 0.562. The van der Waals surface area contributed by atoms with Gasteiger partial charge < -0.3 is 20.5 Å². The van der Waals surface area contributed by atoms with Crippen molar-refractivity contribution in [1.82, 2.24) is 5.32 Å². The van der Waals surface area contributed by atoms with Crippen molar-refractivity contribution in [2.24, 2.45) is 11.7 Å². The molecule has 1 atom stereocenters. The number of carbonyl (C=O) groups is 1. The zero-order chi connectivity index (χ0) is 15.1. The maximum atomic E-state index is 12.0. The van der Waals surface area contributed by atoms with Gasteiger partial charge in [0.15, 0.2) is 6.61 Å². The van der Waals surface area contributed by atoms with E-state index in [1.165, 1.54) is 0 Å². The van der Waals surface area contributed by atoms with Crippen molar-refractivity contribution in [3.8, 4) is 5.75 Å². The van der Waals surface area contributed by atoms with E-state index in [0.29, 0.717) is 18.2 Å². The Morgan fingerprint density at radius 3 is 2.86 bits per heavy atom. The van der Waals surface area contributed by atoms with Gasteiger partial charge in [0, 0.05) is 31.4 Å². The van der Waals surface area contributed by atoms with Gasteiger partial charge in [0.1, 0.15) is 5.75 Å². The van der Waals surface area contributed by atoms with Gasteiger partial charge in [-0.2, -0.15) is 0 Å². The van der Waals surface area contributed by atoms with Crippen LogP contribution in [0.15, 0.2) is 24.3 Å². The van der Waals surface area contributed by atoms with Crippen molar-refractivity contribution < 1.29 is 14.3 Å². The van der Waals surface area contributed by atoms with Gasteiger partial charge in [-0.15, -0.1) is 0 Å². The molecule has 1 amide bonds. The van der Waals surface area contributed by atoms with Crippen molar-refractivity contribution in [3.05, 3.63) is 29.8 Å². The summed E-state index contributed by atoms with van der Waals surface area (Å²) in [6.45, 7) is 4.03. The van der Waals surface area contributed by atoms with E-state index >= 15 is 0 Å². The van der Waals surface area contributed by atoms with E-state index in [1.54, 1.807) is 0 Å². The molecule has 5 nitrogen and oxygen atoms in total. The number of amides is 1. The maximum absolute atomic E-state index is 12.0. The minimum Gasteiger partial charge on any atom is -0.483 e.